The molecule has 4 heteroatoms. The van der Waals surface area contributed by atoms with Gasteiger partial charge in [-0.05, 0) is 60.5 Å². The Hall–Kier alpha value is -2.59. The number of nitrogens with one attached hydrogen (secondary N) is 1. The molecule has 3 rings (SSSR count). The second-order valence-electron chi connectivity index (χ2n) is 7.10. The Morgan fingerprint density at radius 2 is 1.81 bits per heavy atom. The molecule has 0 aliphatic rings. The van der Waals surface area contributed by atoms with Gasteiger partial charge < -0.3 is 10.1 Å². The van der Waals surface area contributed by atoms with E-state index in [-0.39, 0.29) is 5.91 Å². The van der Waals surface area contributed by atoms with Gasteiger partial charge >= 0.3 is 0 Å². The van der Waals surface area contributed by atoms with Crippen molar-refractivity contribution in [1.82, 2.24) is 0 Å². The maximum absolute atomic E-state index is 12.5. The molecule has 0 saturated carbocycles. The number of carbonyl (C=O) groups excluding carboxylic acids is 1. The Morgan fingerprint density at radius 3 is 2.48 bits per heavy atom. The number of ether oxygens (including phenoxy) is 1. The van der Waals surface area contributed by atoms with E-state index in [1.807, 2.05) is 49.6 Å². The minimum absolute atomic E-state index is 0.0838. The van der Waals surface area contributed by atoms with Crippen LogP contribution in [-0.2, 0) is 6.61 Å². The molecule has 0 unspecified atom stereocenters. The summed E-state index contributed by atoms with van der Waals surface area (Å²) in [6, 6.07) is 16.1. The van der Waals surface area contributed by atoms with Gasteiger partial charge in [0, 0.05) is 11.3 Å². The summed E-state index contributed by atoms with van der Waals surface area (Å²) in [5, 5.41) is 4.96. The highest BCUT2D eigenvalue weighted by Gasteiger charge is 2.11. The molecule has 1 amide bonds. The van der Waals surface area contributed by atoms with Gasteiger partial charge in [-0.2, -0.15) is 0 Å². The van der Waals surface area contributed by atoms with Crippen molar-refractivity contribution < 1.29 is 9.53 Å². The maximum Gasteiger partial charge on any atom is 0.265 e. The van der Waals surface area contributed by atoms with Crippen LogP contribution in [0.2, 0.25) is 0 Å². The van der Waals surface area contributed by atoms with Gasteiger partial charge in [-0.1, -0.05) is 43.7 Å². The number of amides is 1. The number of carbonyl (C=O) groups is 1. The molecule has 3 aromatic rings. The van der Waals surface area contributed by atoms with E-state index in [2.05, 4.69) is 37.4 Å². The Morgan fingerprint density at radius 1 is 1.07 bits per heavy atom. The molecule has 0 aliphatic heterocycles. The van der Waals surface area contributed by atoms with Gasteiger partial charge in [-0.25, -0.2) is 0 Å². The molecule has 0 saturated heterocycles. The molecule has 0 fully saturated rings. The van der Waals surface area contributed by atoms with E-state index < -0.39 is 0 Å². The van der Waals surface area contributed by atoms with Crippen molar-refractivity contribution >= 4 is 22.9 Å². The van der Waals surface area contributed by atoms with Crippen molar-refractivity contribution in [2.24, 2.45) is 0 Å². The van der Waals surface area contributed by atoms with E-state index in [4.69, 9.17) is 4.74 Å². The molecule has 27 heavy (non-hydrogen) atoms. The third-order valence-electron chi connectivity index (χ3n) is 4.46. The Bertz CT molecular complexity index is 926. The highest BCUT2D eigenvalue weighted by Crippen LogP contribution is 2.22. The summed E-state index contributed by atoms with van der Waals surface area (Å²) in [6.07, 6.45) is 0. The lowest BCUT2D eigenvalue weighted by molar-refractivity contribution is 0.103. The van der Waals surface area contributed by atoms with Crippen LogP contribution in [-0.4, -0.2) is 5.91 Å². The molecule has 0 spiro atoms. The average Bonchev–Trinajstić information content (AvgIpc) is 3.12. The lowest BCUT2D eigenvalue weighted by Crippen LogP contribution is -2.11. The zero-order valence-electron chi connectivity index (χ0n) is 16.2. The first-order chi connectivity index (χ1) is 12.9. The highest BCUT2D eigenvalue weighted by atomic mass is 32.1. The average molecular weight is 380 g/mol. The van der Waals surface area contributed by atoms with Crippen LogP contribution >= 0.6 is 11.3 Å². The van der Waals surface area contributed by atoms with Crippen LogP contribution < -0.4 is 10.1 Å². The SMILES string of the molecule is Cc1ccc(NC(=O)c2cc(COc3ccc(C(C)C)cc3)cs2)c(C)c1. The van der Waals surface area contributed by atoms with E-state index in [0.29, 0.717) is 17.4 Å². The number of thiophene rings is 1. The Kier molecular flexibility index (Phi) is 5.97. The van der Waals surface area contributed by atoms with Crippen LogP contribution in [0.3, 0.4) is 0 Å². The van der Waals surface area contributed by atoms with Crippen molar-refractivity contribution in [3.05, 3.63) is 81.0 Å². The fraction of sp³-hybridized carbons (Fsp3) is 0.261. The van der Waals surface area contributed by atoms with Crippen LogP contribution in [0.25, 0.3) is 0 Å². The lowest BCUT2D eigenvalue weighted by Gasteiger charge is -2.08. The molecule has 140 valence electrons. The molecule has 1 heterocycles. The first kappa shape index (κ1) is 19.2. The van der Waals surface area contributed by atoms with Gasteiger partial charge in [-0.15, -0.1) is 11.3 Å². The van der Waals surface area contributed by atoms with Crippen LogP contribution in [0.15, 0.2) is 53.9 Å². The highest BCUT2D eigenvalue weighted by molar-refractivity contribution is 7.12. The molecular weight excluding hydrogens is 354 g/mol. The normalized spacial score (nSPS) is 10.9. The first-order valence-corrected chi connectivity index (χ1v) is 9.99. The minimum atomic E-state index is -0.0838. The van der Waals surface area contributed by atoms with Gasteiger partial charge in [0.15, 0.2) is 0 Å². The summed E-state index contributed by atoms with van der Waals surface area (Å²) < 4.78 is 5.85. The summed E-state index contributed by atoms with van der Waals surface area (Å²) in [4.78, 5) is 13.2. The molecule has 0 bridgehead atoms. The second-order valence-corrected chi connectivity index (χ2v) is 8.02. The number of hydrogen-bond acceptors (Lipinski definition) is 3. The quantitative estimate of drug-likeness (QED) is 0.544. The molecular formula is C23H25NO2S. The lowest BCUT2D eigenvalue weighted by atomic mass is 10.0. The summed E-state index contributed by atoms with van der Waals surface area (Å²) in [5.41, 5.74) is 5.39. The van der Waals surface area contributed by atoms with Crippen LogP contribution in [0, 0.1) is 13.8 Å². The monoisotopic (exact) mass is 379 g/mol. The predicted molar refractivity (Wildman–Crippen MR) is 113 cm³/mol. The summed E-state index contributed by atoms with van der Waals surface area (Å²) >= 11 is 1.44. The van der Waals surface area contributed by atoms with E-state index in [1.54, 1.807) is 0 Å². The fourth-order valence-corrected chi connectivity index (χ4v) is 3.62. The van der Waals surface area contributed by atoms with Gasteiger partial charge in [0.05, 0.1) is 4.88 Å². The summed E-state index contributed by atoms with van der Waals surface area (Å²) in [7, 11) is 0. The number of benzene rings is 2. The third kappa shape index (κ3) is 4.98. The maximum atomic E-state index is 12.5. The van der Waals surface area contributed by atoms with Crippen molar-refractivity contribution in [3.63, 3.8) is 0 Å². The minimum Gasteiger partial charge on any atom is -0.489 e. The smallest absolute Gasteiger partial charge is 0.265 e. The first-order valence-electron chi connectivity index (χ1n) is 9.11. The zero-order valence-corrected chi connectivity index (χ0v) is 17.0. The molecule has 2 aromatic carbocycles. The Labute approximate surface area is 165 Å². The predicted octanol–water partition coefficient (Wildman–Crippen LogP) is 6.32. The van der Waals surface area contributed by atoms with Crippen molar-refractivity contribution in [2.75, 3.05) is 5.32 Å². The number of hydrogen-bond donors (Lipinski definition) is 1. The number of anilines is 1. The molecule has 3 nitrogen and oxygen atoms in total. The van der Waals surface area contributed by atoms with Crippen molar-refractivity contribution in [1.29, 1.82) is 0 Å². The van der Waals surface area contributed by atoms with E-state index in [1.165, 1.54) is 22.5 Å². The number of aryl methyl sites for hydroxylation is 2. The zero-order chi connectivity index (χ0) is 19.4. The van der Waals surface area contributed by atoms with Gasteiger partial charge in [0.2, 0.25) is 0 Å². The molecule has 0 radical (unpaired) electrons. The third-order valence-corrected chi connectivity index (χ3v) is 5.44. The fourth-order valence-electron chi connectivity index (χ4n) is 2.82. The Balaban J connectivity index is 1.59. The second kappa shape index (κ2) is 8.40. The molecule has 0 atom stereocenters. The van der Waals surface area contributed by atoms with Gasteiger partial charge in [0.1, 0.15) is 12.4 Å². The summed E-state index contributed by atoms with van der Waals surface area (Å²) in [5.74, 6) is 1.26. The van der Waals surface area contributed by atoms with E-state index in [0.717, 1.165) is 22.6 Å². The van der Waals surface area contributed by atoms with Crippen molar-refractivity contribution in [2.45, 2.75) is 40.2 Å². The standard InChI is InChI=1S/C23H25NO2S/c1-15(2)19-6-8-20(9-7-19)26-13-18-12-22(27-14-18)23(25)24-21-10-5-16(3)11-17(21)4/h5-12,14-15H,13H2,1-4H3,(H,24,25). The topological polar surface area (TPSA) is 38.3 Å². The molecule has 0 aliphatic carbocycles. The van der Waals surface area contributed by atoms with Gasteiger partial charge in [-0.3, -0.25) is 4.79 Å². The molecule has 1 N–H and O–H groups in total. The van der Waals surface area contributed by atoms with E-state index in [9.17, 15) is 4.79 Å². The van der Waals surface area contributed by atoms with Crippen LogP contribution in [0.1, 0.15) is 51.7 Å². The van der Waals surface area contributed by atoms with Crippen LogP contribution in [0.5, 0.6) is 5.75 Å². The largest absolute Gasteiger partial charge is 0.489 e. The van der Waals surface area contributed by atoms with Crippen molar-refractivity contribution in [3.8, 4) is 5.75 Å². The summed E-state index contributed by atoms with van der Waals surface area (Å²) in [6.45, 7) is 8.84. The molecule has 1 aromatic heterocycles. The van der Waals surface area contributed by atoms with Crippen LogP contribution in [0.4, 0.5) is 5.69 Å². The number of rotatable bonds is 6. The van der Waals surface area contributed by atoms with Gasteiger partial charge in [0.25, 0.3) is 5.91 Å². The van der Waals surface area contributed by atoms with E-state index >= 15 is 0 Å².